The van der Waals surface area contributed by atoms with E-state index in [1.54, 1.807) is 25.6 Å². The lowest BCUT2D eigenvalue weighted by molar-refractivity contribution is -0.137. The van der Waals surface area contributed by atoms with Crippen LogP contribution in [0.15, 0.2) is 43.2 Å². The Labute approximate surface area is 152 Å². The Hall–Kier alpha value is -3.17. The van der Waals surface area contributed by atoms with Gasteiger partial charge in [-0.05, 0) is 26.0 Å². The minimum atomic E-state index is -4.46. The summed E-state index contributed by atoms with van der Waals surface area (Å²) in [6.45, 7) is 4.07. The van der Waals surface area contributed by atoms with E-state index in [9.17, 15) is 18.0 Å². The average molecular weight is 378 g/mol. The van der Waals surface area contributed by atoms with Crippen LogP contribution in [0.2, 0.25) is 0 Å². The van der Waals surface area contributed by atoms with E-state index in [1.165, 1.54) is 16.9 Å². The fraction of sp³-hybridized carbons (Fsp3) is 0.294. The van der Waals surface area contributed by atoms with Gasteiger partial charge in [-0.2, -0.15) is 18.3 Å². The summed E-state index contributed by atoms with van der Waals surface area (Å²) in [5.74, 6) is -0.121. The molecule has 3 aromatic rings. The summed E-state index contributed by atoms with van der Waals surface area (Å²) in [7, 11) is 0. The molecule has 1 atom stereocenters. The van der Waals surface area contributed by atoms with Crippen LogP contribution in [0.3, 0.4) is 0 Å². The molecule has 0 aliphatic heterocycles. The van der Waals surface area contributed by atoms with Gasteiger partial charge in [0.2, 0.25) is 0 Å². The molecule has 0 aromatic carbocycles. The molecule has 10 heteroatoms. The standard InChI is InChI=1S/C17H17F3N6O/c1-11(9-25-6-5-21-10-25)24-16(27)14-8-23-26(12(14)2)15-4-3-13(7-22-15)17(18,19)20/h3-8,10-11H,9H2,1-2H3,(H,24,27)/t11-/m1/s1. The highest BCUT2D eigenvalue weighted by molar-refractivity contribution is 5.95. The normalized spacial score (nSPS) is 12.8. The number of carbonyl (C=O) groups is 1. The summed E-state index contributed by atoms with van der Waals surface area (Å²) in [4.78, 5) is 20.2. The van der Waals surface area contributed by atoms with Crippen molar-refractivity contribution in [3.05, 3.63) is 60.1 Å². The first kappa shape index (κ1) is 18.6. The van der Waals surface area contributed by atoms with E-state index in [0.29, 0.717) is 17.8 Å². The maximum atomic E-state index is 12.6. The van der Waals surface area contributed by atoms with Crippen LogP contribution in [0.4, 0.5) is 13.2 Å². The third-order valence-electron chi connectivity index (χ3n) is 3.97. The van der Waals surface area contributed by atoms with Crippen molar-refractivity contribution in [1.29, 1.82) is 0 Å². The molecule has 27 heavy (non-hydrogen) atoms. The van der Waals surface area contributed by atoms with Crippen molar-refractivity contribution in [2.75, 3.05) is 0 Å². The van der Waals surface area contributed by atoms with Gasteiger partial charge in [0.05, 0.1) is 29.3 Å². The highest BCUT2D eigenvalue weighted by atomic mass is 19.4. The smallest absolute Gasteiger partial charge is 0.348 e. The Bertz CT molecular complexity index is 915. The number of carbonyl (C=O) groups excluding carboxylic acids is 1. The fourth-order valence-corrected chi connectivity index (χ4v) is 2.60. The van der Waals surface area contributed by atoms with Gasteiger partial charge in [-0.3, -0.25) is 4.79 Å². The molecule has 0 aliphatic carbocycles. The first-order chi connectivity index (χ1) is 12.8. The van der Waals surface area contributed by atoms with Crippen molar-refractivity contribution in [3.8, 4) is 5.82 Å². The van der Waals surface area contributed by atoms with Gasteiger partial charge in [-0.25, -0.2) is 14.6 Å². The van der Waals surface area contributed by atoms with Crippen molar-refractivity contribution in [2.45, 2.75) is 32.6 Å². The first-order valence-corrected chi connectivity index (χ1v) is 8.10. The number of aromatic nitrogens is 5. The molecule has 1 N–H and O–H groups in total. The van der Waals surface area contributed by atoms with Crippen LogP contribution in [0.1, 0.15) is 28.5 Å². The van der Waals surface area contributed by atoms with Crippen molar-refractivity contribution >= 4 is 5.91 Å². The van der Waals surface area contributed by atoms with Crippen molar-refractivity contribution in [2.24, 2.45) is 0 Å². The summed E-state index contributed by atoms with van der Waals surface area (Å²) in [6.07, 6.45) is 2.75. The zero-order chi connectivity index (χ0) is 19.6. The Kier molecular flexibility index (Phi) is 4.98. The van der Waals surface area contributed by atoms with Crippen LogP contribution in [0.25, 0.3) is 5.82 Å². The molecule has 0 saturated heterocycles. The summed E-state index contributed by atoms with van der Waals surface area (Å²) in [5, 5.41) is 6.94. The summed E-state index contributed by atoms with van der Waals surface area (Å²) >= 11 is 0. The first-order valence-electron chi connectivity index (χ1n) is 8.10. The molecular weight excluding hydrogens is 361 g/mol. The number of hydrogen-bond acceptors (Lipinski definition) is 4. The van der Waals surface area contributed by atoms with Gasteiger partial charge < -0.3 is 9.88 Å². The van der Waals surface area contributed by atoms with Gasteiger partial charge in [-0.1, -0.05) is 0 Å². The number of alkyl halides is 3. The molecule has 0 radical (unpaired) electrons. The molecular formula is C17H17F3N6O. The second-order valence-corrected chi connectivity index (χ2v) is 6.09. The lowest BCUT2D eigenvalue weighted by Gasteiger charge is -2.14. The van der Waals surface area contributed by atoms with Crippen LogP contribution in [-0.2, 0) is 12.7 Å². The van der Waals surface area contributed by atoms with Gasteiger partial charge in [-0.15, -0.1) is 0 Å². The SMILES string of the molecule is Cc1c(C(=O)N[C@H](C)Cn2ccnc2)cnn1-c1ccc(C(F)(F)F)cn1. The molecule has 0 saturated carbocycles. The van der Waals surface area contributed by atoms with Gasteiger partial charge in [0, 0.05) is 31.2 Å². The zero-order valence-corrected chi connectivity index (χ0v) is 14.6. The predicted octanol–water partition coefficient (Wildman–Crippen LogP) is 2.61. The highest BCUT2D eigenvalue weighted by Crippen LogP contribution is 2.28. The number of amides is 1. The van der Waals surface area contributed by atoms with Crippen molar-refractivity contribution < 1.29 is 18.0 Å². The minimum Gasteiger partial charge on any atom is -0.348 e. The number of rotatable bonds is 5. The van der Waals surface area contributed by atoms with Crippen LogP contribution in [0.5, 0.6) is 0 Å². The molecule has 3 rings (SSSR count). The fourth-order valence-electron chi connectivity index (χ4n) is 2.60. The Balaban J connectivity index is 1.73. The topological polar surface area (TPSA) is 77.6 Å². The van der Waals surface area contributed by atoms with Crippen LogP contribution in [-0.4, -0.2) is 36.3 Å². The number of nitrogens with zero attached hydrogens (tertiary/aromatic N) is 5. The number of imidazole rings is 1. The third kappa shape index (κ3) is 4.15. The lowest BCUT2D eigenvalue weighted by atomic mass is 10.2. The Morgan fingerprint density at radius 2 is 2.07 bits per heavy atom. The minimum absolute atomic E-state index is 0.154. The molecule has 0 spiro atoms. The highest BCUT2D eigenvalue weighted by Gasteiger charge is 2.30. The molecule has 0 bridgehead atoms. The monoisotopic (exact) mass is 378 g/mol. The summed E-state index contributed by atoms with van der Waals surface area (Å²) in [5.41, 5.74) is -0.0360. The van der Waals surface area contributed by atoms with Crippen LogP contribution >= 0.6 is 0 Å². The molecule has 0 unspecified atom stereocenters. The second-order valence-electron chi connectivity index (χ2n) is 6.09. The maximum Gasteiger partial charge on any atom is 0.417 e. The number of pyridine rings is 1. The molecule has 0 fully saturated rings. The quantitative estimate of drug-likeness (QED) is 0.740. The van der Waals surface area contributed by atoms with Crippen molar-refractivity contribution in [1.82, 2.24) is 29.6 Å². The van der Waals surface area contributed by atoms with Gasteiger partial charge in [0.25, 0.3) is 5.91 Å². The largest absolute Gasteiger partial charge is 0.417 e. The van der Waals surface area contributed by atoms with E-state index >= 15 is 0 Å². The van der Waals surface area contributed by atoms with E-state index in [4.69, 9.17) is 0 Å². The summed E-state index contributed by atoms with van der Waals surface area (Å²) < 4.78 is 41.1. The average Bonchev–Trinajstić information content (AvgIpc) is 3.23. The van der Waals surface area contributed by atoms with E-state index in [1.807, 2.05) is 11.5 Å². The van der Waals surface area contributed by atoms with E-state index < -0.39 is 11.7 Å². The number of nitrogens with one attached hydrogen (secondary N) is 1. The van der Waals surface area contributed by atoms with E-state index in [2.05, 4.69) is 20.4 Å². The van der Waals surface area contributed by atoms with Gasteiger partial charge >= 0.3 is 6.18 Å². The lowest BCUT2D eigenvalue weighted by Crippen LogP contribution is -2.35. The molecule has 7 nitrogen and oxygen atoms in total. The molecule has 3 heterocycles. The maximum absolute atomic E-state index is 12.6. The van der Waals surface area contributed by atoms with Gasteiger partial charge in [0.15, 0.2) is 5.82 Å². The number of halogens is 3. The number of hydrogen-bond donors (Lipinski definition) is 1. The summed E-state index contributed by atoms with van der Waals surface area (Å²) in [6, 6.07) is 1.99. The van der Waals surface area contributed by atoms with Gasteiger partial charge in [0.1, 0.15) is 0 Å². The predicted molar refractivity (Wildman–Crippen MR) is 90.3 cm³/mol. The molecule has 0 aliphatic rings. The molecule has 3 aromatic heterocycles. The third-order valence-corrected chi connectivity index (χ3v) is 3.97. The van der Waals surface area contributed by atoms with Crippen LogP contribution in [0, 0.1) is 6.92 Å². The van der Waals surface area contributed by atoms with Crippen molar-refractivity contribution in [3.63, 3.8) is 0 Å². The molecule has 1 amide bonds. The van der Waals surface area contributed by atoms with Crippen LogP contribution < -0.4 is 5.32 Å². The Morgan fingerprint density at radius 1 is 1.30 bits per heavy atom. The van der Waals surface area contributed by atoms with E-state index in [-0.39, 0.29) is 17.8 Å². The zero-order valence-electron chi connectivity index (χ0n) is 14.6. The Morgan fingerprint density at radius 3 is 2.67 bits per heavy atom. The van der Waals surface area contributed by atoms with E-state index in [0.717, 1.165) is 12.3 Å². The molecule has 142 valence electrons. The second kappa shape index (κ2) is 7.22.